The summed E-state index contributed by atoms with van der Waals surface area (Å²) in [6.45, 7) is 6.62. The molecule has 0 spiro atoms. The highest BCUT2D eigenvalue weighted by Gasteiger charge is 2.36. The van der Waals surface area contributed by atoms with Crippen LogP contribution in [0.5, 0.6) is 5.75 Å². The van der Waals surface area contributed by atoms with Gasteiger partial charge in [0.05, 0.1) is 25.4 Å². The van der Waals surface area contributed by atoms with Crippen molar-refractivity contribution < 1.29 is 9.53 Å². The molecule has 7 heteroatoms. The van der Waals surface area contributed by atoms with Gasteiger partial charge in [-0.1, -0.05) is 24.3 Å². The maximum Gasteiger partial charge on any atom is 0.322 e. The van der Waals surface area contributed by atoms with Crippen LogP contribution in [0, 0.1) is 13.8 Å². The van der Waals surface area contributed by atoms with Gasteiger partial charge in [-0.3, -0.25) is 0 Å². The van der Waals surface area contributed by atoms with E-state index in [4.69, 9.17) is 4.74 Å². The van der Waals surface area contributed by atoms with E-state index in [-0.39, 0.29) is 12.1 Å². The number of likely N-dealkylation sites (N-methyl/N-ethyl adjacent to an activating group) is 1. The third-order valence-electron chi connectivity index (χ3n) is 7.56. The molecule has 0 bridgehead atoms. The molecular weight excluding hydrogens is 480 g/mol. The Kier molecular flexibility index (Phi) is 6.05. The molecule has 1 atom stereocenters. The minimum absolute atomic E-state index is 0.102. The number of thiophene rings is 1. The maximum absolute atomic E-state index is 14.2. The average Bonchev–Trinajstić information content (AvgIpc) is 3.47. The van der Waals surface area contributed by atoms with Crippen molar-refractivity contribution >= 4 is 23.1 Å². The molecule has 4 heterocycles. The number of benzene rings is 2. The van der Waals surface area contributed by atoms with Crippen LogP contribution in [0.25, 0.3) is 5.00 Å². The minimum atomic E-state index is -0.267. The lowest BCUT2D eigenvalue weighted by Crippen LogP contribution is -2.38. The van der Waals surface area contributed by atoms with Gasteiger partial charge in [0.25, 0.3) is 0 Å². The Morgan fingerprint density at radius 3 is 2.76 bits per heavy atom. The van der Waals surface area contributed by atoms with Crippen molar-refractivity contribution in [2.45, 2.75) is 39.4 Å². The topological polar surface area (TPSA) is 49.7 Å². The number of fused-ring (bicyclic) bond motifs is 5. The van der Waals surface area contributed by atoms with E-state index in [2.05, 4.69) is 58.4 Å². The Hall–Kier alpha value is -3.55. The van der Waals surface area contributed by atoms with E-state index in [0.29, 0.717) is 6.54 Å². The molecule has 6 nitrogen and oxygen atoms in total. The first-order valence-corrected chi connectivity index (χ1v) is 13.5. The SMILES string of the molecule is COc1cccc([C@@H]2c3cccn3-c3sc4c(c3CN2C(=O)Nc2cc(C)ccc2C)CCN(C)C4)c1. The Morgan fingerprint density at radius 2 is 1.92 bits per heavy atom. The van der Waals surface area contributed by atoms with Crippen LogP contribution >= 0.6 is 11.3 Å². The van der Waals surface area contributed by atoms with Crippen LogP contribution < -0.4 is 10.1 Å². The van der Waals surface area contributed by atoms with E-state index in [1.54, 1.807) is 7.11 Å². The number of methoxy groups -OCH3 is 1. The fourth-order valence-electron chi connectivity index (χ4n) is 5.57. The van der Waals surface area contributed by atoms with E-state index in [0.717, 1.165) is 53.3 Å². The van der Waals surface area contributed by atoms with Crippen LogP contribution in [0.3, 0.4) is 0 Å². The molecular formula is C30H32N4O2S. The molecule has 2 amide bonds. The second kappa shape index (κ2) is 9.39. The number of carbonyl (C=O) groups is 1. The van der Waals surface area contributed by atoms with E-state index >= 15 is 0 Å². The van der Waals surface area contributed by atoms with Crippen LogP contribution in [0.1, 0.15) is 44.4 Å². The molecule has 4 aromatic rings. The largest absolute Gasteiger partial charge is 0.497 e. The molecule has 0 saturated carbocycles. The molecule has 0 radical (unpaired) electrons. The minimum Gasteiger partial charge on any atom is -0.497 e. The fraction of sp³-hybridized carbons (Fsp3) is 0.300. The summed E-state index contributed by atoms with van der Waals surface area (Å²) in [6, 6.07) is 18.1. The summed E-state index contributed by atoms with van der Waals surface area (Å²) < 4.78 is 7.87. The molecule has 0 fully saturated rings. The van der Waals surface area contributed by atoms with Crippen molar-refractivity contribution in [3.63, 3.8) is 0 Å². The molecule has 2 aromatic carbocycles. The first-order valence-electron chi connectivity index (χ1n) is 12.7. The molecule has 2 aliphatic heterocycles. The number of nitrogens with one attached hydrogen (secondary N) is 1. The maximum atomic E-state index is 14.2. The van der Waals surface area contributed by atoms with Crippen molar-refractivity contribution in [2.24, 2.45) is 0 Å². The molecule has 2 aromatic heterocycles. The number of hydrogen-bond donors (Lipinski definition) is 1. The summed E-state index contributed by atoms with van der Waals surface area (Å²) in [5, 5.41) is 4.48. The Bertz CT molecular complexity index is 1490. The van der Waals surface area contributed by atoms with Crippen molar-refractivity contribution in [1.29, 1.82) is 0 Å². The lowest BCUT2D eigenvalue weighted by molar-refractivity contribution is 0.194. The number of amides is 2. The quantitative estimate of drug-likeness (QED) is 0.351. The fourth-order valence-corrected chi connectivity index (χ4v) is 7.01. The summed E-state index contributed by atoms with van der Waals surface area (Å²) >= 11 is 1.87. The predicted octanol–water partition coefficient (Wildman–Crippen LogP) is 6.29. The highest BCUT2D eigenvalue weighted by molar-refractivity contribution is 7.15. The standard InChI is InChI=1S/C30H32N4O2S/c1-19-10-11-20(2)25(15-19)31-30(35)34-17-24-23-12-14-32(3)18-27(23)37-29(24)33-13-6-9-26(33)28(34)21-7-5-8-22(16-21)36-4/h5-11,13,15-16,28H,12,14,17-18H2,1-4H3,(H,31,35)/t28-/m1/s1. The van der Waals surface area contributed by atoms with Crippen LogP contribution in [0.4, 0.5) is 10.5 Å². The van der Waals surface area contributed by atoms with Gasteiger partial charge in [0, 0.05) is 35.4 Å². The van der Waals surface area contributed by atoms with Gasteiger partial charge in [0.15, 0.2) is 0 Å². The highest BCUT2D eigenvalue weighted by Crippen LogP contribution is 2.44. The van der Waals surface area contributed by atoms with Gasteiger partial charge in [-0.2, -0.15) is 0 Å². The number of ether oxygens (including phenoxy) is 1. The summed E-state index contributed by atoms with van der Waals surface area (Å²) in [6.07, 6.45) is 3.14. The van der Waals surface area contributed by atoms with E-state index in [1.165, 1.54) is 21.0 Å². The van der Waals surface area contributed by atoms with Crippen LogP contribution in [-0.4, -0.2) is 41.1 Å². The lowest BCUT2D eigenvalue weighted by Gasteiger charge is -2.32. The molecule has 190 valence electrons. The second-order valence-electron chi connectivity index (χ2n) is 10.1. The van der Waals surface area contributed by atoms with Crippen molar-refractivity contribution in [3.8, 4) is 10.8 Å². The highest BCUT2D eigenvalue weighted by atomic mass is 32.1. The van der Waals surface area contributed by atoms with Gasteiger partial charge in [0.1, 0.15) is 10.8 Å². The van der Waals surface area contributed by atoms with Gasteiger partial charge in [-0.15, -0.1) is 11.3 Å². The molecule has 0 unspecified atom stereocenters. The third kappa shape index (κ3) is 4.22. The average molecular weight is 513 g/mol. The lowest BCUT2D eigenvalue weighted by atomic mass is 10.00. The van der Waals surface area contributed by atoms with E-state index < -0.39 is 0 Å². The summed E-state index contributed by atoms with van der Waals surface area (Å²) in [5.74, 6) is 0.782. The monoisotopic (exact) mass is 512 g/mol. The zero-order chi connectivity index (χ0) is 25.7. The Labute approximate surface area is 222 Å². The van der Waals surface area contributed by atoms with Crippen LogP contribution in [0.2, 0.25) is 0 Å². The van der Waals surface area contributed by atoms with E-state index in [1.807, 2.05) is 54.3 Å². The van der Waals surface area contributed by atoms with Crippen molar-refractivity contribution in [1.82, 2.24) is 14.4 Å². The van der Waals surface area contributed by atoms with Crippen molar-refractivity contribution in [2.75, 3.05) is 26.0 Å². The molecule has 0 aliphatic carbocycles. The zero-order valence-corrected chi connectivity index (χ0v) is 22.6. The number of urea groups is 1. The molecule has 2 aliphatic rings. The Balaban J connectivity index is 1.51. The smallest absolute Gasteiger partial charge is 0.322 e. The number of rotatable bonds is 3. The first-order chi connectivity index (χ1) is 17.9. The molecule has 6 rings (SSSR count). The van der Waals surface area contributed by atoms with Crippen LogP contribution in [0.15, 0.2) is 60.8 Å². The summed E-state index contributed by atoms with van der Waals surface area (Å²) in [7, 11) is 3.86. The number of anilines is 1. The summed E-state index contributed by atoms with van der Waals surface area (Å²) in [5.41, 5.74) is 7.80. The van der Waals surface area contributed by atoms with Crippen molar-refractivity contribution in [3.05, 3.63) is 99.2 Å². The van der Waals surface area contributed by atoms with E-state index in [9.17, 15) is 4.79 Å². The third-order valence-corrected chi connectivity index (χ3v) is 8.82. The predicted molar refractivity (Wildman–Crippen MR) is 149 cm³/mol. The number of carbonyl (C=O) groups excluding carboxylic acids is 1. The number of aromatic nitrogens is 1. The zero-order valence-electron chi connectivity index (χ0n) is 21.7. The molecule has 1 N–H and O–H groups in total. The van der Waals surface area contributed by atoms with Gasteiger partial charge >= 0.3 is 6.03 Å². The van der Waals surface area contributed by atoms with Gasteiger partial charge < -0.3 is 24.4 Å². The van der Waals surface area contributed by atoms with Gasteiger partial charge in [-0.05, 0) is 79.9 Å². The second-order valence-corrected chi connectivity index (χ2v) is 11.2. The number of hydrogen-bond acceptors (Lipinski definition) is 4. The molecule has 0 saturated heterocycles. The normalized spacial score (nSPS) is 17.0. The number of nitrogens with zero attached hydrogens (tertiary/aromatic N) is 3. The van der Waals surface area contributed by atoms with Crippen LogP contribution in [-0.2, 0) is 19.5 Å². The Morgan fingerprint density at radius 1 is 1.05 bits per heavy atom. The number of aryl methyl sites for hydroxylation is 2. The summed E-state index contributed by atoms with van der Waals surface area (Å²) in [4.78, 5) is 20.0. The first kappa shape index (κ1) is 23.8. The van der Waals surface area contributed by atoms with Gasteiger partial charge in [0.2, 0.25) is 0 Å². The molecule has 37 heavy (non-hydrogen) atoms. The van der Waals surface area contributed by atoms with Gasteiger partial charge in [-0.25, -0.2) is 4.79 Å².